The zero-order valence-corrected chi connectivity index (χ0v) is 25.4. The summed E-state index contributed by atoms with van der Waals surface area (Å²) in [7, 11) is 2.15. The minimum atomic E-state index is -4.41. The van der Waals surface area contributed by atoms with E-state index in [9.17, 15) is 18.0 Å². The molecule has 2 aliphatic rings. The van der Waals surface area contributed by atoms with Gasteiger partial charge in [0, 0.05) is 80.2 Å². The standard InChI is InChI=1S/C34H36F3N7O/c1-23-3-8-28(39-32(45)19-24-4-6-26(7-5-24)34(35,36)37)20-31(23)44-14-13-30-25(22-44)21-38-33(41-30)40-27-9-11-29(12-10-27)43-17-15-42(2)16-18-43/h3-12,20-21H,13-19,22H2,1-2H3,(H,39,45)(H,38,40,41). The monoisotopic (exact) mass is 615 g/mol. The third-order valence-electron chi connectivity index (χ3n) is 8.41. The van der Waals surface area contributed by atoms with Crippen LogP contribution in [0.4, 0.5) is 41.9 Å². The third-order valence-corrected chi connectivity index (χ3v) is 8.41. The molecule has 0 unspecified atom stereocenters. The summed E-state index contributed by atoms with van der Waals surface area (Å²) in [5.74, 6) is 0.277. The Bertz CT molecular complexity index is 1650. The van der Waals surface area contributed by atoms with Crippen LogP contribution in [-0.2, 0) is 30.4 Å². The molecule has 1 aromatic heterocycles. The number of piperazine rings is 1. The number of nitrogens with zero attached hydrogens (tertiary/aromatic N) is 5. The largest absolute Gasteiger partial charge is 0.416 e. The summed E-state index contributed by atoms with van der Waals surface area (Å²) in [6, 6.07) is 18.8. The van der Waals surface area contributed by atoms with E-state index in [1.807, 2.05) is 31.3 Å². The van der Waals surface area contributed by atoms with Gasteiger partial charge in [0.05, 0.1) is 17.7 Å². The third kappa shape index (κ3) is 7.37. The molecule has 0 aliphatic carbocycles. The van der Waals surface area contributed by atoms with Crippen LogP contribution < -0.4 is 20.4 Å². The van der Waals surface area contributed by atoms with E-state index in [1.54, 1.807) is 0 Å². The van der Waals surface area contributed by atoms with Crippen molar-refractivity contribution in [3.05, 3.63) is 101 Å². The molecule has 234 valence electrons. The number of hydrogen-bond acceptors (Lipinski definition) is 7. The normalized spacial score (nSPS) is 15.5. The van der Waals surface area contributed by atoms with Crippen molar-refractivity contribution < 1.29 is 18.0 Å². The van der Waals surface area contributed by atoms with Crippen molar-refractivity contribution in [2.24, 2.45) is 0 Å². The van der Waals surface area contributed by atoms with Gasteiger partial charge in [-0.2, -0.15) is 13.2 Å². The van der Waals surface area contributed by atoms with Crippen molar-refractivity contribution in [3.8, 4) is 0 Å². The van der Waals surface area contributed by atoms with Crippen molar-refractivity contribution in [1.29, 1.82) is 0 Å². The number of carbonyl (C=O) groups excluding carboxylic acids is 1. The molecule has 11 heteroatoms. The average molecular weight is 616 g/mol. The van der Waals surface area contributed by atoms with Crippen molar-refractivity contribution in [1.82, 2.24) is 14.9 Å². The van der Waals surface area contributed by atoms with Crippen LogP contribution in [-0.4, -0.2) is 60.5 Å². The molecule has 6 rings (SSSR count). The van der Waals surface area contributed by atoms with Crippen LogP contribution in [0.3, 0.4) is 0 Å². The van der Waals surface area contributed by atoms with Gasteiger partial charge in [-0.1, -0.05) is 18.2 Å². The quantitative estimate of drug-likeness (QED) is 0.263. The fraction of sp³-hybridized carbons (Fsp3) is 0.324. The number of likely N-dealkylation sites (N-methyl/N-ethyl adjacent to an activating group) is 1. The Labute approximate surface area is 260 Å². The molecule has 4 aromatic rings. The van der Waals surface area contributed by atoms with Crippen molar-refractivity contribution >= 4 is 34.6 Å². The SMILES string of the molecule is Cc1ccc(NC(=O)Cc2ccc(C(F)(F)F)cc2)cc1N1CCc2nc(Nc3ccc(N4CCN(C)CC4)cc3)ncc2C1. The number of nitrogens with one attached hydrogen (secondary N) is 2. The molecule has 45 heavy (non-hydrogen) atoms. The maximum atomic E-state index is 12.8. The summed E-state index contributed by atoms with van der Waals surface area (Å²) in [6.45, 7) is 7.60. The number of fused-ring (bicyclic) bond motifs is 1. The zero-order chi connectivity index (χ0) is 31.6. The molecule has 0 spiro atoms. The summed E-state index contributed by atoms with van der Waals surface area (Å²) in [5, 5.41) is 6.23. The van der Waals surface area contributed by atoms with Crippen molar-refractivity contribution in [2.75, 3.05) is 60.2 Å². The maximum Gasteiger partial charge on any atom is 0.416 e. The van der Waals surface area contributed by atoms with Gasteiger partial charge in [0.25, 0.3) is 0 Å². The molecule has 0 bridgehead atoms. The molecule has 0 radical (unpaired) electrons. The van der Waals surface area contributed by atoms with E-state index in [1.165, 1.54) is 17.8 Å². The highest BCUT2D eigenvalue weighted by Crippen LogP contribution is 2.31. The average Bonchev–Trinajstić information content (AvgIpc) is 3.02. The van der Waals surface area contributed by atoms with Gasteiger partial charge in [-0.3, -0.25) is 4.79 Å². The van der Waals surface area contributed by atoms with Crippen LogP contribution in [0.1, 0.15) is 27.9 Å². The van der Waals surface area contributed by atoms with Crippen LogP contribution in [0.2, 0.25) is 0 Å². The zero-order valence-electron chi connectivity index (χ0n) is 25.4. The molecule has 0 saturated carbocycles. The molecule has 1 saturated heterocycles. The van der Waals surface area contributed by atoms with Gasteiger partial charge in [0.2, 0.25) is 11.9 Å². The van der Waals surface area contributed by atoms with E-state index < -0.39 is 11.7 Å². The summed E-state index contributed by atoms with van der Waals surface area (Å²) < 4.78 is 38.5. The molecule has 8 nitrogen and oxygen atoms in total. The van der Waals surface area contributed by atoms with Crippen LogP contribution in [0.5, 0.6) is 0 Å². The van der Waals surface area contributed by atoms with Crippen LogP contribution >= 0.6 is 0 Å². The lowest BCUT2D eigenvalue weighted by molar-refractivity contribution is -0.137. The lowest BCUT2D eigenvalue weighted by atomic mass is 10.0. The Balaban J connectivity index is 1.07. The van der Waals surface area contributed by atoms with Gasteiger partial charge in [-0.25, -0.2) is 9.97 Å². The van der Waals surface area contributed by atoms with Crippen LogP contribution in [0.15, 0.2) is 72.9 Å². The first kappa shape index (κ1) is 30.4. The number of amides is 1. The lowest BCUT2D eigenvalue weighted by Crippen LogP contribution is -2.44. The molecule has 1 fully saturated rings. The molecule has 3 heterocycles. The number of aromatic nitrogens is 2. The van der Waals surface area contributed by atoms with E-state index in [-0.39, 0.29) is 12.3 Å². The highest BCUT2D eigenvalue weighted by atomic mass is 19.4. The number of alkyl halides is 3. The Hall–Kier alpha value is -4.64. The highest BCUT2D eigenvalue weighted by molar-refractivity contribution is 5.93. The van der Waals surface area contributed by atoms with E-state index in [4.69, 9.17) is 4.98 Å². The van der Waals surface area contributed by atoms with E-state index in [0.29, 0.717) is 23.7 Å². The molecule has 0 atom stereocenters. The fourth-order valence-corrected chi connectivity index (χ4v) is 5.76. The highest BCUT2D eigenvalue weighted by Gasteiger charge is 2.30. The van der Waals surface area contributed by atoms with E-state index >= 15 is 0 Å². The first-order chi connectivity index (χ1) is 21.6. The van der Waals surface area contributed by atoms with Crippen molar-refractivity contribution in [3.63, 3.8) is 0 Å². The number of benzene rings is 3. The Morgan fingerprint density at radius 3 is 2.31 bits per heavy atom. The minimum absolute atomic E-state index is 0.0213. The Kier molecular flexibility index (Phi) is 8.62. The van der Waals surface area contributed by atoms with Crippen LogP contribution in [0, 0.1) is 6.92 Å². The van der Waals surface area contributed by atoms with Gasteiger partial charge in [-0.05, 0) is 73.6 Å². The number of halogens is 3. The van der Waals surface area contributed by atoms with Gasteiger partial charge in [0.15, 0.2) is 0 Å². The molecule has 1 amide bonds. The second-order valence-corrected chi connectivity index (χ2v) is 11.7. The Morgan fingerprint density at radius 2 is 1.60 bits per heavy atom. The lowest BCUT2D eigenvalue weighted by Gasteiger charge is -2.34. The number of hydrogen-bond donors (Lipinski definition) is 2. The number of rotatable bonds is 7. The number of anilines is 5. The van der Waals surface area contributed by atoms with Gasteiger partial charge in [0.1, 0.15) is 0 Å². The second kappa shape index (κ2) is 12.8. The maximum absolute atomic E-state index is 12.8. The predicted octanol–water partition coefficient (Wildman–Crippen LogP) is 6.04. The minimum Gasteiger partial charge on any atom is -0.369 e. The topological polar surface area (TPSA) is 76.6 Å². The first-order valence-corrected chi connectivity index (χ1v) is 15.1. The summed E-state index contributed by atoms with van der Waals surface area (Å²) in [4.78, 5) is 29.1. The predicted molar refractivity (Wildman–Crippen MR) is 171 cm³/mol. The van der Waals surface area contributed by atoms with Crippen LogP contribution in [0.25, 0.3) is 0 Å². The first-order valence-electron chi connectivity index (χ1n) is 15.1. The summed E-state index contributed by atoms with van der Waals surface area (Å²) in [6.07, 6.45) is -1.80. The van der Waals surface area contributed by atoms with Gasteiger partial charge < -0.3 is 25.3 Å². The summed E-state index contributed by atoms with van der Waals surface area (Å²) in [5.41, 5.74) is 6.70. The smallest absolute Gasteiger partial charge is 0.369 e. The fourth-order valence-electron chi connectivity index (χ4n) is 5.76. The van der Waals surface area contributed by atoms with E-state index in [0.717, 1.165) is 79.5 Å². The molecular formula is C34H36F3N7O. The van der Waals surface area contributed by atoms with E-state index in [2.05, 4.69) is 61.6 Å². The molecule has 2 aliphatic heterocycles. The molecule has 3 aromatic carbocycles. The number of carbonyl (C=O) groups is 1. The Morgan fingerprint density at radius 1 is 0.889 bits per heavy atom. The molecule has 2 N–H and O–H groups in total. The summed E-state index contributed by atoms with van der Waals surface area (Å²) >= 11 is 0. The van der Waals surface area contributed by atoms with Crippen molar-refractivity contribution in [2.45, 2.75) is 32.5 Å². The second-order valence-electron chi connectivity index (χ2n) is 11.7. The van der Waals surface area contributed by atoms with Gasteiger partial charge in [-0.15, -0.1) is 0 Å². The molecular weight excluding hydrogens is 579 g/mol. The number of aryl methyl sites for hydroxylation is 1. The van der Waals surface area contributed by atoms with Gasteiger partial charge >= 0.3 is 6.18 Å².